The van der Waals surface area contributed by atoms with Crippen LogP contribution in [0, 0.1) is 0 Å². The highest BCUT2D eigenvalue weighted by molar-refractivity contribution is 6.10. The van der Waals surface area contributed by atoms with E-state index in [1.54, 1.807) is 4.90 Å². The van der Waals surface area contributed by atoms with Crippen LogP contribution in [0.2, 0.25) is 0 Å². The van der Waals surface area contributed by atoms with Crippen LogP contribution in [-0.4, -0.2) is 43.2 Å². The average molecular weight is 431 g/mol. The molecule has 32 heavy (non-hydrogen) atoms. The summed E-state index contributed by atoms with van der Waals surface area (Å²) in [5.74, 6) is 3.17. The first kappa shape index (κ1) is 19.4. The minimum absolute atomic E-state index is 0.0543. The third-order valence-corrected chi connectivity index (χ3v) is 6.88. The van der Waals surface area contributed by atoms with Crippen LogP contribution in [-0.2, 0) is 26.1 Å². The van der Waals surface area contributed by atoms with Crippen LogP contribution in [0.5, 0.6) is 0 Å². The van der Waals surface area contributed by atoms with E-state index in [0.29, 0.717) is 30.5 Å². The van der Waals surface area contributed by atoms with E-state index in [9.17, 15) is 4.79 Å². The highest BCUT2D eigenvalue weighted by Gasteiger charge is 2.34. The largest absolute Gasteiger partial charge is 0.354 e. The lowest BCUT2D eigenvalue weighted by Gasteiger charge is -2.23. The van der Waals surface area contributed by atoms with Gasteiger partial charge in [0.25, 0.3) is 5.91 Å². The molecule has 2 N–H and O–H groups in total. The molecule has 1 amide bonds. The Hall–Kier alpha value is -3.33. The summed E-state index contributed by atoms with van der Waals surface area (Å²) in [6, 6.07) is 8.07. The zero-order valence-corrected chi connectivity index (χ0v) is 18.2. The van der Waals surface area contributed by atoms with Gasteiger partial charge >= 0.3 is 0 Å². The fraction of sp³-hybridized carbons (Fsp3) is 0.435. The van der Waals surface area contributed by atoms with Crippen molar-refractivity contribution in [2.45, 2.75) is 58.3 Å². The average Bonchev–Trinajstić information content (AvgIpc) is 3.58. The maximum atomic E-state index is 13.5. The molecular formula is C23H26N8O. The number of aryl methyl sites for hydroxylation is 1. The maximum absolute atomic E-state index is 13.5. The molecule has 1 fully saturated rings. The van der Waals surface area contributed by atoms with E-state index in [4.69, 9.17) is 15.7 Å². The molecule has 0 bridgehead atoms. The van der Waals surface area contributed by atoms with Crippen molar-refractivity contribution in [3.63, 3.8) is 0 Å². The van der Waals surface area contributed by atoms with Crippen LogP contribution in [0.3, 0.4) is 0 Å². The lowest BCUT2D eigenvalue weighted by atomic mass is 10.1. The number of hydrogen-bond acceptors (Lipinski definition) is 7. The molecule has 0 radical (unpaired) electrons. The first-order valence-electron chi connectivity index (χ1n) is 11.3. The summed E-state index contributed by atoms with van der Waals surface area (Å²) in [4.78, 5) is 27.1. The number of nitrogens with two attached hydrogens (primary N) is 1. The van der Waals surface area contributed by atoms with E-state index < -0.39 is 0 Å². The number of nitrogens with zero attached hydrogens (tertiary/aromatic N) is 7. The Bertz CT molecular complexity index is 1220. The van der Waals surface area contributed by atoms with Crippen LogP contribution in [0.25, 0.3) is 11.5 Å². The van der Waals surface area contributed by atoms with Gasteiger partial charge in [-0.3, -0.25) is 9.69 Å². The molecule has 0 aliphatic carbocycles. The van der Waals surface area contributed by atoms with Gasteiger partial charge in [-0.2, -0.15) is 0 Å². The van der Waals surface area contributed by atoms with E-state index in [0.717, 1.165) is 73.2 Å². The molecule has 1 unspecified atom stereocenters. The molecule has 3 aliphatic heterocycles. The number of amides is 1. The first-order chi connectivity index (χ1) is 15.6. The number of anilines is 2. The molecule has 9 heteroatoms. The van der Waals surface area contributed by atoms with Crippen molar-refractivity contribution >= 4 is 17.5 Å². The fourth-order valence-electron chi connectivity index (χ4n) is 5.17. The van der Waals surface area contributed by atoms with Gasteiger partial charge in [-0.25, -0.2) is 9.97 Å². The highest BCUT2D eigenvalue weighted by atomic mass is 16.2. The first-order valence-corrected chi connectivity index (χ1v) is 11.3. The van der Waals surface area contributed by atoms with Gasteiger partial charge in [-0.05, 0) is 44.4 Å². The van der Waals surface area contributed by atoms with E-state index in [1.807, 2.05) is 24.3 Å². The van der Waals surface area contributed by atoms with Crippen LogP contribution in [0.15, 0.2) is 24.3 Å². The number of aromatic nitrogens is 5. The van der Waals surface area contributed by atoms with E-state index in [1.165, 1.54) is 0 Å². The lowest BCUT2D eigenvalue weighted by molar-refractivity contribution is 0.0996. The fourth-order valence-corrected chi connectivity index (χ4v) is 5.17. The Morgan fingerprint density at radius 2 is 2.03 bits per heavy atom. The topological polar surface area (TPSA) is 106 Å². The third kappa shape index (κ3) is 2.91. The number of rotatable bonds is 4. The minimum atomic E-state index is -0.0543. The standard InChI is InChI=1S/C23H26N8O/c1-14-5-3-9-29(14)21-11-15-16(18(12-24)26-21)13-31(23(15)32)19-7-2-6-17(25-19)22-28-27-20-8-4-10-30(20)22/h2,6-7,11,14H,3-5,8-10,12-13,24H2,1H3. The van der Waals surface area contributed by atoms with Crippen molar-refractivity contribution in [3.8, 4) is 11.5 Å². The van der Waals surface area contributed by atoms with Gasteiger partial charge in [0.2, 0.25) is 0 Å². The monoisotopic (exact) mass is 430 g/mol. The van der Waals surface area contributed by atoms with Gasteiger partial charge in [-0.15, -0.1) is 10.2 Å². The zero-order valence-electron chi connectivity index (χ0n) is 18.2. The molecule has 9 nitrogen and oxygen atoms in total. The summed E-state index contributed by atoms with van der Waals surface area (Å²) in [5.41, 5.74) is 9.16. The normalized spacial score (nSPS) is 19.7. The van der Waals surface area contributed by atoms with Crippen molar-refractivity contribution in [3.05, 3.63) is 46.9 Å². The van der Waals surface area contributed by atoms with Crippen molar-refractivity contribution in [1.82, 2.24) is 24.7 Å². The highest BCUT2D eigenvalue weighted by Crippen LogP contribution is 2.34. The van der Waals surface area contributed by atoms with Crippen LogP contribution >= 0.6 is 0 Å². The van der Waals surface area contributed by atoms with E-state index in [2.05, 4.69) is 26.6 Å². The minimum Gasteiger partial charge on any atom is -0.354 e. The predicted molar refractivity (Wildman–Crippen MR) is 120 cm³/mol. The number of pyridine rings is 2. The molecule has 6 heterocycles. The molecule has 1 atom stereocenters. The second kappa shape index (κ2) is 7.37. The third-order valence-electron chi connectivity index (χ3n) is 6.88. The maximum Gasteiger partial charge on any atom is 0.260 e. The van der Waals surface area contributed by atoms with Crippen molar-refractivity contribution in [1.29, 1.82) is 0 Å². The van der Waals surface area contributed by atoms with Crippen molar-refractivity contribution in [2.24, 2.45) is 5.73 Å². The smallest absolute Gasteiger partial charge is 0.260 e. The van der Waals surface area contributed by atoms with E-state index >= 15 is 0 Å². The summed E-state index contributed by atoms with van der Waals surface area (Å²) in [6.07, 6.45) is 4.30. The summed E-state index contributed by atoms with van der Waals surface area (Å²) in [6.45, 7) is 4.80. The molecule has 164 valence electrons. The quantitative estimate of drug-likeness (QED) is 0.677. The molecular weight excluding hydrogens is 404 g/mol. The van der Waals surface area contributed by atoms with Crippen LogP contribution in [0.1, 0.15) is 53.6 Å². The van der Waals surface area contributed by atoms with Gasteiger partial charge in [0, 0.05) is 37.7 Å². The summed E-state index contributed by atoms with van der Waals surface area (Å²) in [7, 11) is 0. The van der Waals surface area contributed by atoms with Gasteiger partial charge < -0.3 is 15.2 Å². The van der Waals surface area contributed by atoms with Crippen molar-refractivity contribution in [2.75, 3.05) is 16.3 Å². The summed E-state index contributed by atoms with van der Waals surface area (Å²) in [5, 5.41) is 8.63. The van der Waals surface area contributed by atoms with E-state index in [-0.39, 0.29) is 5.91 Å². The molecule has 1 saturated heterocycles. The van der Waals surface area contributed by atoms with Gasteiger partial charge in [0.1, 0.15) is 23.2 Å². The molecule has 0 saturated carbocycles. The van der Waals surface area contributed by atoms with Crippen LogP contribution in [0.4, 0.5) is 11.6 Å². The summed E-state index contributed by atoms with van der Waals surface area (Å²) >= 11 is 0. The SMILES string of the molecule is CC1CCCN1c1cc2c(c(CN)n1)CN(c1cccc(-c3nnc4n3CCC4)n1)C2=O. The molecule has 6 rings (SSSR count). The van der Waals surface area contributed by atoms with Gasteiger partial charge in [-0.1, -0.05) is 6.07 Å². The van der Waals surface area contributed by atoms with Gasteiger partial charge in [0.05, 0.1) is 17.8 Å². The number of fused-ring (bicyclic) bond motifs is 2. The Morgan fingerprint density at radius 1 is 1.12 bits per heavy atom. The Balaban J connectivity index is 1.36. The Labute approximate surface area is 186 Å². The molecule has 3 aromatic rings. The lowest BCUT2D eigenvalue weighted by Crippen LogP contribution is -2.28. The Morgan fingerprint density at radius 3 is 2.84 bits per heavy atom. The Kier molecular flexibility index (Phi) is 4.46. The summed E-state index contributed by atoms with van der Waals surface area (Å²) < 4.78 is 2.12. The number of carbonyl (C=O) groups excluding carboxylic acids is 1. The number of hydrogen-bond donors (Lipinski definition) is 1. The molecule has 3 aromatic heterocycles. The second-order valence-corrected chi connectivity index (χ2v) is 8.81. The zero-order chi connectivity index (χ0) is 21.8. The van der Waals surface area contributed by atoms with Gasteiger partial charge in [0.15, 0.2) is 5.82 Å². The second-order valence-electron chi connectivity index (χ2n) is 8.81. The van der Waals surface area contributed by atoms with Crippen molar-refractivity contribution < 1.29 is 4.79 Å². The predicted octanol–water partition coefficient (Wildman–Crippen LogP) is 2.29. The molecule has 3 aliphatic rings. The molecule has 0 spiro atoms. The number of carbonyl (C=O) groups is 1. The van der Waals surface area contributed by atoms with Crippen LogP contribution < -0.4 is 15.5 Å². The molecule has 0 aromatic carbocycles.